The minimum absolute atomic E-state index is 0.402. The first-order valence-electron chi connectivity index (χ1n) is 11.2. The lowest BCUT2D eigenvalue weighted by Crippen LogP contribution is -2.49. The topological polar surface area (TPSA) is 26.0 Å². The highest BCUT2D eigenvalue weighted by Crippen LogP contribution is 2.64. The van der Waals surface area contributed by atoms with Gasteiger partial charge in [0, 0.05) is 0 Å². The molecule has 4 bridgehead atoms. The van der Waals surface area contributed by atoms with Crippen molar-refractivity contribution in [2.45, 2.75) is 91.4 Å². The van der Waals surface area contributed by atoms with Gasteiger partial charge >= 0.3 is 0 Å². The molecule has 0 aromatic carbocycles. The van der Waals surface area contributed by atoms with Crippen molar-refractivity contribution in [1.29, 1.82) is 0 Å². The Kier molecular flexibility index (Phi) is 4.55. The third-order valence-corrected chi connectivity index (χ3v) is 9.53. The van der Waals surface area contributed by atoms with E-state index in [1.54, 1.807) is 6.42 Å². The summed E-state index contributed by atoms with van der Waals surface area (Å²) < 4.78 is 0. The maximum atomic E-state index is 6.47. The van der Waals surface area contributed by atoms with Gasteiger partial charge in [0.05, 0.1) is 0 Å². The van der Waals surface area contributed by atoms with Crippen molar-refractivity contribution < 1.29 is 0 Å². The molecule has 4 aliphatic rings. The molecule has 0 saturated heterocycles. The van der Waals surface area contributed by atoms with Gasteiger partial charge < -0.3 is 5.73 Å². The third kappa shape index (κ3) is 2.68. The molecular weight excluding hydrogens is 290 g/mol. The highest BCUT2D eigenvalue weighted by Gasteiger charge is 2.56. The van der Waals surface area contributed by atoms with Gasteiger partial charge in [0.2, 0.25) is 0 Å². The molecule has 0 aromatic heterocycles. The molecule has 1 heteroatoms. The second kappa shape index (κ2) is 6.29. The van der Waals surface area contributed by atoms with Gasteiger partial charge in [-0.05, 0) is 85.0 Å². The van der Waals surface area contributed by atoms with Crippen LogP contribution in [0.25, 0.3) is 0 Å². The first-order chi connectivity index (χ1) is 11.5. The molecule has 1 nitrogen and oxygen atoms in total. The molecule has 4 fully saturated rings. The Balaban J connectivity index is 1.78. The predicted molar refractivity (Wildman–Crippen MR) is 103 cm³/mol. The summed E-state index contributed by atoms with van der Waals surface area (Å²) in [6, 6.07) is 0. The monoisotopic (exact) mass is 331 g/mol. The van der Waals surface area contributed by atoms with E-state index in [1.807, 2.05) is 0 Å². The SMILES string of the molecule is C[C@H]1CCCC2C1C1(C)CC(CCCC3CCC1C3)CC2(C)CN. The Morgan fingerprint density at radius 3 is 2.42 bits per heavy atom. The van der Waals surface area contributed by atoms with Crippen molar-refractivity contribution in [3.05, 3.63) is 0 Å². The van der Waals surface area contributed by atoms with Crippen LogP contribution in [0.4, 0.5) is 0 Å². The molecule has 4 rings (SSSR count). The number of rotatable bonds is 1. The second-order valence-corrected chi connectivity index (χ2v) is 11.0. The van der Waals surface area contributed by atoms with Gasteiger partial charge in [0.1, 0.15) is 0 Å². The lowest BCUT2D eigenvalue weighted by Gasteiger charge is -2.54. The average molecular weight is 332 g/mol. The predicted octanol–water partition coefficient (Wildman–Crippen LogP) is 6.02. The molecule has 24 heavy (non-hydrogen) atoms. The van der Waals surface area contributed by atoms with E-state index in [0.29, 0.717) is 10.8 Å². The molecule has 0 spiro atoms. The van der Waals surface area contributed by atoms with Crippen molar-refractivity contribution in [2.24, 2.45) is 52.1 Å². The zero-order chi connectivity index (χ0) is 16.9. The highest BCUT2D eigenvalue weighted by molar-refractivity contribution is 5.06. The standard InChI is InChI=1S/C23H41N/c1-16-6-4-9-20-21(16)23(3)14-18(13-22(20,2)15-24)8-5-7-17-10-11-19(23)12-17/h16-21H,4-15,24H2,1-3H3/t16-,17?,18?,19?,20?,21?,22?,23?/m0/s1. The highest BCUT2D eigenvalue weighted by atomic mass is 14.7. The fourth-order valence-corrected chi connectivity index (χ4v) is 8.46. The largest absolute Gasteiger partial charge is 0.330 e. The van der Waals surface area contributed by atoms with Gasteiger partial charge in [-0.15, -0.1) is 0 Å². The molecule has 2 N–H and O–H groups in total. The van der Waals surface area contributed by atoms with Crippen molar-refractivity contribution in [3.63, 3.8) is 0 Å². The van der Waals surface area contributed by atoms with E-state index in [1.165, 1.54) is 64.2 Å². The fraction of sp³-hybridized carbons (Fsp3) is 1.00. The normalized spacial score (nSPS) is 55.0. The van der Waals surface area contributed by atoms with Crippen LogP contribution in [0.1, 0.15) is 91.4 Å². The maximum absolute atomic E-state index is 6.47. The van der Waals surface area contributed by atoms with Crippen molar-refractivity contribution >= 4 is 0 Å². The van der Waals surface area contributed by atoms with Crippen LogP contribution in [0.15, 0.2) is 0 Å². The van der Waals surface area contributed by atoms with Crippen LogP contribution < -0.4 is 5.73 Å². The van der Waals surface area contributed by atoms with Gasteiger partial charge in [-0.2, -0.15) is 0 Å². The molecule has 0 aliphatic heterocycles. The number of hydrogen-bond acceptors (Lipinski definition) is 1. The number of fused-ring (bicyclic) bond motifs is 7. The minimum atomic E-state index is 0.402. The smallest absolute Gasteiger partial charge is 0.00203 e. The summed E-state index contributed by atoms with van der Waals surface area (Å²) in [7, 11) is 0. The third-order valence-electron chi connectivity index (χ3n) is 9.53. The molecule has 0 aromatic rings. The Morgan fingerprint density at radius 1 is 0.875 bits per heavy atom. The molecule has 8 atom stereocenters. The number of nitrogens with two attached hydrogens (primary N) is 1. The first-order valence-corrected chi connectivity index (χ1v) is 11.2. The first kappa shape index (κ1) is 17.4. The van der Waals surface area contributed by atoms with Crippen LogP contribution in [0.2, 0.25) is 0 Å². The molecular formula is C23H41N. The summed E-state index contributed by atoms with van der Waals surface area (Å²) in [5.41, 5.74) is 7.47. The summed E-state index contributed by atoms with van der Waals surface area (Å²) in [4.78, 5) is 0. The molecule has 138 valence electrons. The van der Waals surface area contributed by atoms with E-state index in [0.717, 1.165) is 42.1 Å². The molecule has 4 saturated carbocycles. The van der Waals surface area contributed by atoms with Crippen LogP contribution in [0, 0.1) is 46.3 Å². The summed E-state index contributed by atoms with van der Waals surface area (Å²) >= 11 is 0. The Labute approximate surface area is 150 Å². The van der Waals surface area contributed by atoms with Gasteiger partial charge in [0.25, 0.3) is 0 Å². The van der Waals surface area contributed by atoms with E-state index in [-0.39, 0.29) is 0 Å². The zero-order valence-electron chi connectivity index (χ0n) is 16.5. The molecule has 0 heterocycles. The molecule has 0 radical (unpaired) electrons. The van der Waals surface area contributed by atoms with E-state index in [4.69, 9.17) is 5.73 Å². The van der Waals surface area contributed by atoms with Crippen molar-refractivity contribution in [3.8, 4) is 0 Å². The maximum Gasteiger partial charge on any atom is -0.00203 e. The van der Waals surface area contributed by atoms with Crippen molar-refractivity contribution in [2.75, 3.05) is 6.54 Å². The van der Waals surface area contributed by atoms with Gasteiger partial charge in [-0.25, -0.2) is 0 Å². The van der Waals surface area contributed by atoms with E-state index in [2.05, 4.69) is 20.8 Å². The molecule has 7 unspecified atom stereocenters. The summed E-state index contributed by atoms with van der Waals surface area (Å²) in [5.74, 6) is 5.76. The van der Waals surface area contributed by atoms with Crippen LogP contribution in [-0.4, -0.2) is 6.54 Å². The lowest BCUT2D eigenvalue weighted by molar-refractivity contribution is -0.0470. The second-order valence-electron chi connectivity index (χ2n) is 11.0. The van der Waals surface area contributed by atoms with Crippen LogP contribution in [-0.2, 0) is 0 Å². The summed E-state index contributed by atoms with van der Waals surface area (Å²) in [6.07, 6.45) is 16.4. The summed E-state index contributed by atoms with van der Waals surface area (Å²) in [5, 5.41) is 0. The van der Waals surface area contributed by atoms with Crippen LogP contribution in [0.3, 0.4) is 0 Å². The van der Waals surface area contributed by atoms with Crippen molar-refractivity contribution in [1.82, 2.24) is 0 Å². The fourth-order valence-electron chi connectivity index (χ4n) is 8.46. The lowest BCUT2D eigenvalue weighted by atomic mass is 9.51. The van der Waals surface area contributed by atoms with E-state index < -0.39 is 0 Å². The van der Waals surface area contributed by atoms with E-state index in [9.17, 15) is 0 Å². The van der Waals surface area contributed by atoms with Crippen LogP contribution >= 0.6 is 0 Å². The Morgan fingerprint density at radius 2 is 1.62 bits per heavy atom. The Hall–Kier alpha value is -0.0400. The zero-order valence-corrected chi connectivity index (χ0v) is 16.5. The van der Waals surface area contributed by atoms with Gasteiger partial charge in [-0.1, -0.05) is 59.3 Å². The molecule has 4 aliphatic carbocycles. The molecule has 0 amide bonds. The van der Waals surface area contributed by atoms with Gasteiger partial charge in [-0.3, -0.25) is 0 Å². The average Bonchev–Trinajstić information content (AvgIpc) is 3.01. The summed E-state index contributed by atoms with van der Waals surface area (Å²) in [6.45, 7) is 8.84. The van der Waals surface area contributed by atoms with Crippen LogP contribution in [0.5, 0.6) is 0 Å². The minimum Gasteiger partial charge on any atom is -0.330 e. The number of hydrogen-bond donors (Lipinski definition) is 1. The Bertz CT molecular complexity index is 459. The van der Waals surface area contributed by atoms with E-state index >= 15 is 0 Å². The van der Waals surface area contributed by atoms with Gasteiger partial charge in [0.15, 0.2) is 0 Å². The quantitative estimate of drug-likeness (QED) is 0.624.